The first-order chi connectivity index (χ1) is 8.99. The molecule has 1 aromatic carbocycles. The van der Waals surface area contributed by atoms with Crippen molar-refractivity contribution in [3.05, 3.63) is 17.7 Å². The molecule has 0 aliphatic carbocycles. The van der Waals surface area contributed by atoms with Crippen LogP contribution in [0.4, 0.5) is 0 Å². The second-order valence-corrected chi connectivity index (χ2v) is 3.63. The second-order valence-electron chi connectivity index (χ2n) is 3.63. The van der Waals surface area contributed by atoms with Gasteiger partial charge in [0.25, 0.3) is 5.91 Å². The summed E-state index contributed by atoms with van der Waals surface area (Å²) >= 11 is 0. The predicted octanol–water partition coefficient (Wildman–Crippen LogP) is 0.614. The van der Waals surface area contributed by atoms with E-state index in [0.29, 0.717) is 0 Å². The number of nitrogens with one attached hydrogen (secondary N) is 1. The molecule has 0 heterocycles. The van der Waals surface area contributed by atoms with Gasteiger partial charge in [-0.05, 0) is 12.1 Å². The lowest BCUT2D eigenvalue weighted by molar-refractivity contribution is -0.136. The van der Waals surface area contributed by atoms with Gasteiger partial charge in [0, 0.05) is 12.1 Å². The van der Waals surface area contributed by atoms with E-state index in [0.717, 1.165) is 0 Å². The minimum absolute atomic E-state index is 0.00325. The Kier molecular flexibility index (Phi) is 4.99. The highest BCUT2D eigenvalue weighted by Crippen LogP contribution is 2.37. The van der Waals surface area contributed by atoms with Crippen molar-refractivity contribution in [2.45, 2.75) is 6.42 Å². The molecule has 0 atom stereocenters. The Morgan fingerprint density at radius 2 is 1.95 bits per heavy atom. The topological polar surface area (TPSA) is 105 Å². The van der Waals surface area contributed by atoms with Crippen LogP contribution >= 0.6 is 0 Å². The van der Waals surface area contributed by atoms with Crippen LogP contribution in [0.2, 0.25) is 0 Å². The summed E-state index contributed by atoms with van der Waals surface area (Å²) in [5, 5.41) is 20.6. The van der Waals surface area contributed by atoms with Crippen molar-refractivity contribution in [2.24, 2.45) is 0 Å². The smallest absolute Gasteiger partial charge is 0.305 e. The summed E-state index contributed by atoms with van der Waals surface area (Å²) in [7, 11) is 2.74. The average Bonchev–Trinajstić information content (AvgIpc) is 2.37. The third-order valence-corrected chi connectivity index (χ3v) is 2.35. The second kappa shape index (κ2) is 6.48. The average molecular weight is 269 g/mol. The molecular formula is C12H15NO6. The third-order valence-electron chi connectivity index (χ3n) is 2.35. The molecule has 0 radical (unpaired) electrons. The number of ether oxygens (including phenoxy) is 2. The standard InChI is InChI=1S/C12H15NO6/c1-18-9-6-7(5-8(14)11(9)19-2)12(17)13-4-3-10(15)16/h5-6,14H,3-4H2,1-2H3,(H,13,17)(H,15,16). The molecule has 7 heteroatoms. The Hall–Kier alpha value is -2.44. The summed E-state index contributed by atoms with van der Waals surface area (Å²) in [6.07, 6.45) is -0.176. The van der Waals surface area contributed by atoms with E-state index in [1.807, 2.05) is 0 Å². The number of phenolic OH excluding ortho intramolecular Hbond substituents is 1. The molecule has 1 rings (SSSR count). The Balaban J connectivity index is 2.86. The number of carboxylic acid groups (broad SMARTS) is 1. The molecule has 0 fully saturated rings. The van der Waals surface area contributed by atoms with Gasteiger partial charge in [0.1, 0.15) is 0 Å². The van der Waals surface area contributed by atoms with Crippen LogP contribution in [-0.2, 0) is 4.79 Å². The van der Waals surface area contributed by atoms with E-state index in [-0.39, 0.29) is 35.8 Å². The molecule has 0 spiro atoms. The van der Waals surface area contributed by atoms with Crippen LogP contribution in [0, 0.1) is 0 Å². The number of hydrogen-bond donors (Lipinski definition) is 3. The first-order valence-corrected chi connectivity index (χ1v) is 5.44. The molecule has 19 heavy (non-hydrogen) atoms. The Morgan fingerprint density at radius 3 is 2.47 bits per heavy atom. The molecular weight excluding hydrogens is 254 g/mol. The summed E-state index contributed by atoms with van der Waals surface area (Å²) in [4.78, 5) is 22.1. The van der Waals surface area contributed by atoms with Crippen LogP contribution in [0.1, 0.15) is 16.8 Å². The maximum atomic E-state index is 11.7. The van der Waals surface area contributed by atoms with E-state index < -0.39 is 11.9 Å². The molecule has 7 nitrogen and oxygen atoms in total. The number of carbonyl (C=O) groups excluding carboxylic acids is 1. The number of aromatic hydroxyl groups is 1. The number of amides is 1. The fourth-order valence-corrected chi connectivity index (χ4v) is 1.46. The zero-order valence-corrected chi connectivity index (χ0v) is 10.6. The number of aliphatic carboxylic acids is 1. The van der Waals surface area contributed by atoms with Gasteiger partial charge in [-0.25, -0.2) is 0 Å². The van der Waals surface area contributed by atoms with Gasteiger partial charge in [-0.2, -0.15) is 0 Å². The van der Waals surface area contributed by atoms with Crippen molar-refractivity contribution >= 4 is 11.9 Å². The highest BCUT2D eigenvalue weighted by Gasteiger charge is 2.15. The lowest BCUT2D eigenvalue weighted by Gasteiger charge is -2.11. The Bertz CT molecular complexity index is 485. The summed E-state index contributed by atoms with van der Waals surface area (Å²) in [5.41, 5.74) is 0.153. The van der Waals surface area contributed by atoms with Crippen LogP contribution in [0.15, 0.2) is 12.1 Å². The largest absolute Gasteiger partial charge is 0.504 e. The van der Waals surface area contributed by atoms with Gasteiger partial charge in [0.2, 0.25) is 5.75 Å². The van der Waals surface area contributed by atoms with Crippen molar-refractivity contribution in [1.29, 1.82) is 0 Å². The molecule has 104 valence electrons. The first kappa shape index (κ1) is 14.6. The van der Waals surface area contributed by atoms with Gasteiger partial charge in [-0.1, -0.05) is 0 Å². The van der Waals surface area contributed by atoms with Gasteiger partial charge in [0.05, 0.1) is 20.6 Å². The van der Waals surface area contributed by atoms with Crippen molar-refractivity contribution in [2.75, 3.05) is 20.8 Å². The van der Waals surface area contributed by atoms with E-state index in [1.165, 1.54) is 26.4 Å². The number of phenols is 1. The number of hydrogen-bond acceptors (Lipinski definition) is 5. The number of methoxy groups -OCH3 is 2. The molecule has 0 aliphatic heterocycles. The molecule has 0 bridgehead atoms. The molecule has 0 aliphatic rings. The van der Waals surface area contributed by atoms with E-state index in [1.54, 1.807) is 0 Å². The molecule has 0 unspecified atom stereocenters. The van der Waals surface area contributed by atoms with Crippen molar-refractivity contribution in [3.63, 3.8) is 0 Å². The van der Waals surface area contributed by atoms with Gasteiger partial charge >= 0.3 is 5.97 Å². The fraction of sp³-hybridized carbons (Fsp3) is 0.333. The monoisotopic (exact) mass is 269 g/mol. The highest BCUT2D eigenvalue weighted by atomic mass is 16.5. The predicted molar refractivity (Wildman–Crippen MR) is 65.8 cm³/mol. The Labute approximate surface area is 109 Å². The SMILES string of the molecule is COc1cc(C(=O)NCCC(=O)O)cc(O)c1OC. The van der Waals surface area contributed by atoms with Crippen molar-refractivity contribution < 1.29 is 29.3 Å². The van der Waals surface area contributed by atoms with Crippen molar-refractivity contribution in [3.8, 4) is 17.2 Å². The third kappa shape index (κ3) is 3.77. The fourth-order valence-electron chi connectivity index (χ4n) is 1.46. The first-order valence-electron chi connectivity index (χ1n) is 5.44. The molecule has 3 N–H and O–H groups in total. The van der Waals surface area contributed by atoms with Crippen molar-refractivity contribution in [1.82, 2.24) is 5.32 Å². The van der Waals surface area contributed by atoms with Gasteiger partial charge in [0.15, 0.2) is 11.5 Å². The van der Waals surface area contributed by atoms with E-state index in [4.69, 9.17) is 14.6 Å². The molecule has 0 aromatic heterocycles. The van der Waals surface area contributed by atoms with Crippen LogP contribution in [0.3, 0.4) is 0 Å². The molecule has 0 saturated carbocycles. The minimum atomic E-state index is -1.00. The summed E-state index contributed by atoms with van der Waals surface area (Å²) in [6.45, 7) is 0.00325. The lowest BCUT2D eigenvalue weighted by Crippen LogP contribution is -2.26. The highest BCUT2D eigenvalue weighted by molar-refractivity contribution is 5.95. The van der Waals surface area contributed by atoms with Gasteiger partial charge < -0.3 is 25.0 Å². The number of rotatable bonds is 6. The van der Waals surface area contributed by atoms with E-state index in [9.17, 15) is 14.7 Å². The maximum absolute atomic E-state index is 11.7. The minimum Gasteiger partial charge on any atom is -0.504 e. The van der Waals surface area contributed by atoms with Crippen LogP contribution < -0.4 is 14.8 Å². The van der Waals surface area contributed by atoms with Crippen LogP contribution in [0.5, 0.6) is 17.2 Å². The van der Waals surface area contributed by atoms with E-state index in [2.05, 4.69) is 5.32 Å². The Morgan fingerprint density at radius 1 is 1.26 bits per heavy atom. The molecule has 1 aromatic rings. The summed E-state index contributed by atoms with van der Waals surface area (Å²) in [5.74, 6) is -1.39. The quantitative estimate of drug-likeness (QED) is 0.699. The summed E-state index contributed by atoms with van der Waals surface area (Å²) in [6, 6.07) is 2.62. The molecule has 0 saturated heterocycles. The van der Waals surface area contributed by atoms with Gasteiger partial charge in [-0.15, -0.1) is 0 Å². The number of benzene rings is 1. The summed E-state index contributed by atoms with van der Waals surface area (Å²) < 4.78 is 9.92. The lowest BCUT2D eigenvalue weighted by atomic mass is 10.1. The van der Waals surface area contributed by atoms with Crippen LogP contribution in [0.25, 0.3) is 0 Å². The van der Waals surface area contributed by atoms with E-state index >= 15 is 0 Å². The normalized spacial score (nSPS) is 9.79. The zero-order valence-electron chi connectivity index (χ0n) is 10.6. The van der Waals surface area contributed by atoms with Gasteiger partial charge in [-0.3, -0.25) is 9.59 Å². The number of carboxylic acids is 1. The van der Waals surface area contributed by atoms with Crippen LogP contribution in [-0.4, -0.2) is 42.9 Å². The number of carbonyl (C=O) groups is 2. The maximum Gasteiger partial charge on any atom is 0.305 e. The zero-order chi connectivity index (χ0) is 14.4. The molecule has 1 amide bonds.